The molecule has 0 spiro atoms. The maximum atomic E-state index is 12.7. The molecule has 138 valence electrons. The van der Waals surface area contributed by atoms with Crippen LogP contribution in [0.1, 0.15) is 51.6 Å². The van der Waals surface area contributed by atoms with Crippen molar-refractivity contribution < 1.29 is 9.59 Å². The van der Waals surface area contributed by atoms with Crippen molar-refractivity contribution in [2.45, 2.75) is 25.2 Å². The van der Waals surface area contributed by atoms with E-state index in [0.29, 0.717) is 28.0 Å². The second-order valence-corrected chi connectivity index (χ2v) is 7.42. The number of carbonyl (C=O) groups excluding carboxylic acids is 2. The normalized spacial score (nSPS) is 13.8. The van der Waals surface area contributed by atoms with Gasteiger partial charge in [0.1, 0.15) is 5.69 Å². The highest BCUT2D eigenvalue weighted by Gasteiger charge is 2.27. The number of aryl methyl sites for hydroxylation is 1. The summed E-state index contributed by atoms with van der Waals surface area (Å²) in [6.45, 7) is 0. The molecule has 0 bridgehead atoms. The first-order valence-corrected chi connectivity index (χ1v) is 9.64. The third-order valence-corrected chi connectivity index (χ3v) is 5.47. The van der Waals surface area contributed by atoms with Gasteiger partial charge in [-0.15, -0.1) is 11.3 Å². The Morgan fingerprint density at radius 1 is 1.15 bits per heavy atom. The third-order valence-electron chi connectivity index (χ3n) is 4.78. The minimum Gasteiger partial charge on any atom is -0.321 e. The first-order chi connectivity index (χ1) is 13.1. The minimum absolute atomic E-state index is 0.183. The molecule has 0 radical (unpaired) electrons. The standard InChI is InChI=1S/C19H19N5O2S/c1-24-16(15(11-21-24)12-3-2-4-12)18(26)22-14-7-5-13(6-8-14)17(25)23-19-20-9-10-27-19/h5-12H,2-4H2,1H3,(H,22,26)(H,20,23,25). The average Bonchev–Trinajstić information content (AvgIpc) is 3.24. The van der Waals surface area contributed by atoms with Gasteiger partial charge in [0.25, 0.3) is 11.8 Å². The van der Waals surface area contributed by atoms with Crippen LogP contribution in [-0.2, 0) is 7.05 Å². The summed E-state index contributed by atoms with van der Waals surface area (Å²) in [5.41, 5.74) is 2.75. The van der Waals surface area contributed by atoms with Crippen molar-refractivity contribution >= 4 is 34.0 Å². The summed E-state index contributed by atoms with van der Waals surface area (Å²) < 4.78 is 1.62. The summed E-state index contributed by atoms with van der Waals surface area (Å²) in [6, 6.07) is 6.78. The Morgan fingerprint density at radius 3 is 2.56 bits per heavy atom. The third kappa shape index (κ3) is 3.61. The Kier molecular flexibility index (Phi) is 4.72. The van der Waals surface area contributed by atoms with Gasteiger partial charge >= 0.3 is 0 Å². The predicted molar refractivity (Wildman–Crippen MR) is 104 cm³/mol. The van der Waals surface area contributed by atoms with Crippen LogP contribution in [0.3, 0.4) is 0 Å². The lowest BCUT2D eigenvalue weighted by atomic mass is 9.80. The van der Waals surface area contributed by atoms with Crippen LogP contribution in [-0.4, -0.2) is 26.6 Å². The first-order valence-electron chi connectivity index (χ1n) is 8.76. The van der Waals surface area contributed by atoms with Crippen LogP contribution in [0.2, 0.25) is 0 Å². The maximum absolute atomic E-state index is 12.7. The Labute approximate surface area is 160 Å². The van der Waals surface area contributed by atoms with Gasteiger partial charge in [-0.2, -0.15) is 5.10 Å². The van der Waals surface area contributed by atoms with Crippen molar-refractivity contribution in [3.8, 4) is 0 Å². The van der Waals surface area contributed by atoms with E-state index in [-0.39, 0.29) is 11.8 Å². The summed E-state index contributed by atoms with van der Waals surface area (Å²) in [7, 11) is 1.78. The van der Waals surface area contributed by atoms with Gasteiger partial charge in [0.15, 0.2) is 5.13 Å². The van der Waals surface area contributed by atoms with E-state index in [0.717, 1.165) is 18.4 Å². The molecule has 2 aromatic heterocycles. The van der Waals surface area contributed by atoms with E-state index in [1.807, 2.05) is 0 Å². The van der Waals surface area contributed by atoms with Crippen LogP contribution >= 0.6 is 11.3 Å². The van der Waals surface area contributed by atoms with Crippen LogP contribution in [0.25, 0.3) is 0 Å². The summed E-state index contributed by atoms with van der Waals surface area (Å²) in [6.07, 6.45) is 6.84. The first kappa shape index (κ1) is 17.4. The number of hydrogen-bond donors (Lipinski definition) is 2. The molecule has 2 heterocycles. The van der Waals surface area contributed by atoms with Gasteiger partial charge in [-0.3, -0.25) is 19.6 Å². The molecule has 1 aromatic carbocycles. The molecule has 1 aliphatic rings. The molecule has 1 saturated carbocycles. The number of nitrogens with zero attached hydrogens (tertiary/aromatic N) is 3. The van der Waals surface area contributed by atoms with Gasteiger partial charge < -0.3 is 5.32 Å². The van der Waals surface area contributed by atoms with E-state index in [2.05, 4.69) is 20.7 Å². The molecule has 8 heteroatoms. The molecular weight excluding hydrogens is 362 g/mol. The lowest BCUT2D eigenvalue weighted by molar-refractivity contribution is 0.101. The second-order valence-electron chi connectivity index (χ2n) is 6.52. The van der Waals surface area contributed by atoms with Crippen LogP contribution < -0.4 is 10.6 Å². The molecule has 0 saturated heterocycles. The maximum Gasteiger partial charge on any atom is 0.274 e. The number of hydrogen-bond acceptors (Lipinski definition) is 5. The Morgan fingerprint density at radius 2 is 1.93 bits per heavy atom. The largest absolute Gasteiger partial charge is 0.321 e. The Hall–Kier alpha value is -3.00. The van der Waals surface area contributed by atoms with E-state index in [4.69, 9.17) is 0 Å². The molecule has 0 unspecified atom stereocenters. The fraction of sp³-hybridized carbons (Fsp3) is 0.263. The number of benzene rings is 1. The fourth-order valence-corrected chi connectivity index (χ4v) is 3.62. The quantitative estimate of drug-likeness (QED) is 0.706. The number of amides is 2. The second kappa shape index (κ2) is 7.32. The number of aromatic nitrogens is 3. The van der Waals surface area contributed by atoms with Gasteiger partial charge in [0.05, 0.1) is 6.20 Å². The number of thiazole rings is 1. The molecule has 3 aromatic rings. The van der Waals surface area contributed by atoms with Gasteiger partial charge in [-0.05, 0) is 43.0 Å². The molecule has 0 aliphatic heterocycles. The minimum atomic E-state index is -0.235. The van der Waals surface area contributed by atoms with Gasteiger partial charge in [0.2, 0.25) is 0 Å². The number of nitrogens with one attached hydrogen (secondary N) is 2. The lowest BCUT2D eigenvalue weighted by Gasteiger charge is -2.25. The Bertz CT molecular complexity index is 959. The highest BCUT2D eigenvalue weighted by molar-refractivity contribution is 7.13. The van der Waals surface area contributed by atoms with Gasteiger partial charge in [-0.25, -0.2) is 4.98 Å². The monoisotopic (exact) mass is 381 g/mol. The van der Waals surface area contributed by atoms with Crippen molar-refractivity contribution in [2.75, 3.05) is 10.6 Å². The SMILES string of the molecule is Cn1ncc(C2CCC2)c1C(=O)Nc1ccc(C(=O)Nc2nccs2)cc1. The molecule has 1 fully saturated rings. The zero-order chi connectivity index (χ0) is 18.8. The van der Waals surface area contributed by atoms with E-state index in [9.17, 15) is 9.59 Å². The van der Waals surface area contributed by atoms with E-state index in [1.165, 1.54) is 17.8 Å². The summed E-state index contributed by atoms with van der Waals surface area (Å²) in [5, 5.41) is 12.2. The molecule has 4 rings (SSSR count). The lowest BCUT2D eigenvalue weighted by Crippen LogP contribution is -2.20. The van der Waals surface area contributed by atoms with E-state index < -0.39 is 0 Å². The van der Waals surface area contributed by atoms with Crippen molar-refractivity contribution in [3.63, 3.8) is 0 Å². The smallest absolute Gasteiger partial charge is 0.274 e. The highest BCUT2D eigenvalue weighted by Crippen LogP contribution is 2.37. The number of anilines is 2. The van der Waals surface area contributed by atoms with Crippen molar-refractivity contribution in [1.82, 2.24) is 14.8 Å². The zero-order valence-electron chi connectivity index (χ0n) is 14.8. The summed E-state index contributed by atoms with van der Waals surface area (Å²) in [4.78, 5) is 29.0. The molecule has 7 nitrogen and oxygen atoms in total. The fourth-order valence-electron chi connectivity index (χ4n) is 3.10. The molecule has 27 heavy (non-hydrogen) atoms. The predicted octanol–water partition coefficient (Wildman–Crippen LogP) is 3.65. The van der Waals surface area contributed by atoms with Crippen LogP contribution in [0.15, 0.2) is 42.0 Å². The van der Waals surface area contributed by atoms with Crippen molar-refractivity contribution in [3.05, 3.63) is 58.9 Å². The van der Waals surface area contributed by atoms with Gasteiger partial charge in [-0.1, -0.05) is 6.42 Å². The molecular formula is C19H19N5O2S. The zero-order valence-corrected chi connectivity index (χ0v) is 15.6. The number of carbonyl (C=O) groups is 2. The van der Waals surface area contributed by atoms with E-state index in [1.54, 1.807) is 53.8 Å². The van der Waals surface area contributed by atoms with Gasteiger partial charge in [0, 0.05) is 35.4 Å². The Balaban J connectivity index is 1.45. The van der Waals surface area contributed by atoms with Crippen LogP contribution in [0.5, 0.6) is 0 Å². The summed E-state index contributed by atoms with van der Waals surface area (Å²) in [5.74, 6) is 0.00926. The molecule has 2 amide bonds. The highest BCUT2D eigenvalue weighted by atomic mass is 32.1. The van der Waals surface area contributed by atoms with E-state index >= 15 is 0 Å². The molecule has 0 atom stereocenters. The van der Waals surface area contributed by atoms with Crippen molar-refractivity contribution in [1.29, 1.82) is 0 Å². The van der Waals surface area contributed by atoms with Crippen LogP contribution in [0, 0.1) is 0 Å². The van der Waals surface area contributed by atoms with Crippen molar-refractivity contribution in [2.24, 2.45) is 7.05 Å². The molecule has 1 aliphatic carbocycles. The molecule has 2 N–H and O–H groups in total. The average molecular weight is 381 g/mol. The topological polar surface area (TPSA) is 88.9 Å². The summed E-state index contributed by atoms with van der Waals surface area (Å²) >= 11 is 1.36. The number of rotatable bonds is 5. The van der Waals surface area contributed by atoms with Crippen LogP contribution in [0.4, 0.5) is 10.8 Å².